The number of esters is 2. The van der Waals surface area contributed by atoms with Gasteiger partial charge >= 0.3 is 11.9 Å². The van der Waals surface area contributed by atoms with Crippen LogP contribution >= 0.6 is 34.3 Å². The molecule has 0 saturated carbocycles. The molecule has 0 bridgehead atoms. The van der Waals surface area contributed by atoms with Gasteiger partial charge in [-0.05, 0) is 86.8 Å². The molecule has 0 spiro atoms. The molecular weight excluding hydrogens is 675 g/mol. The van der Waals surface area contributed by atoms with Crippen LogP contribution in [0.1, 0.15) is 58.7 Å². The molecule has 1 N–H and O–H groups in total. The molecule has 5 heterocycles. The Labute approximate surface area is 288 Å². The van der Waals surface area contributed by atoms with Crippen LogP contribution in [-0.2, 0) is 51.3 Å². The molecule has 5 aromatic rings. The van der Waals surface area contributed by atoms with Gasteiger partial charge in [-0.15, -0.1) is 22.7 Å². The highest BCUT2D eigenvalue weighted by atomic mass is 35.5. The quantitative estimate of drug-likeness (QED) is 0.144. The van der Waals surface area contributed by atoms with Crippen LogP contribution in [-0.4, -0.2) is 51.3 Å². The van der Waals surface area contributed by atoms with E-state index in [1.807, 2.05) is 13.8 Å². The third-order valence-electron chi connectivity index (χ3n) is 8.86. The van der Waals surface area contributed by atoms with E-state index in [4.69, 9.17) is 21.1 Å². The summed E-state index contributed by atoms with van der Waals surface area (Å²) in [6.45, 7) is 5.01. The number of carbonyl (C=O) groups excluding carboxylic acids is 2. The number of aliphatic imine (C=N–C) groups is 1. The van der Waals surface area contributed by atoms with Crippen molar-refractivity contribution in [2.24, 2.45) is 16.8 Å². The molecule has 0 unspecified atom stereocenters. The molecule has 8 rings (SSSR count). The molecule has 0 amide bonds. The number of aromatic nitrogens is 4. The van der Waals surface area contributed by atoms with E-state index in [2.05, 4.69) is 30.2 Å². The molecular formula is C34H32ClFN6O4S2. The van der Waals surface area contributed by atoms with Crippen LogP contribution in [0.15, 0.2) is 29.8 Å². The van der Waals surface area contributed by atoms with E-state index in [1.165, 1.54) is 29.2 Å². The zero-order valence-corrected chi connectivity index (χ0v) is 28.7. The van der Waals surface area contributed by atoms with Crippen molar-refractivity contribution in [2.75, 3.05) is 18.5 Å². The van der Waals surface area contributed by atoms with Crippen LogP contribution in [0.2, 0.25) is 5.15 Å². The van der Waals surface area contributed by atoms with Gasteiger partial charge in [-0.1, -0.05) is 11.6 Å². The summed E-state index contributed by atoms with van der Waals surface area (Å²) in [6, 6.07) is 3.29. The second-order valence-corrected chi connectivity index (χ2v) is 14.3. The Hall–Kier alpha value is -4.07. The van der Waals surface area contributed by atoms with E-state index in [9.17, 15) is 14.0 Å². The minimum atomic E-state index is -0.326. The van der Waals surface area contributed by atoms with Gasteiger partial charge < -0.3 is 14.8 Å². The number of benzene rings is 1. The molecule has 3 aliphatic rings. The van der Waals surface area contributed by atoms with Crippen LogP contribution in [0.4, 0.5) is 15.9 Å². The number of hydrogen-bond donors (Lipinski definition) is 1. The van der Waals surface area contributed by atoms with E-state index < -0.39 is 0 Å². The van der Waals surface area contributed by atoms with Crippen LogP contribution in [0, 0.1) is 17.7 Å². The normalized spacial score (nSPS) is 17.7. The summed E-state index contributed by atoms with van der Waals surface area (Å²) in [6.07, 6.45) is 9.24. The molecule has 4 aromatic heterocycles. The SMILES string of the molecule is CCOC(=O)[C@H]1CCc2c(sc3ncnc(Cl)c23)C1.CCOC(=O)[C@H]1CCc2c(sc3ncnc(Nc4cc5c(cc4F)CN=C5)c23)C1. The Balaban J connectivity index is 0.000000166. The Bertz CT molecular complexity index is 2080. The second-order valence-electron chi connectivity index (χ2n) is 11.8. The Morgan fingerprint density at radius 3 is 2.15 bits per heavy atom. The fraction of sp³-hybridized carbons (Fsp3) is 0.382. The number of carbonyl (C=O) groups is 2. The lowest BCUT2D eigenvalue weighted by molar-refractivity contribution is -0.149. The topological polar surface area (TPSA) is 129 Å². The standard InChI is InChI=1S/C21H19FN4O2S.C13H13ClN2O2S/c1-2-28-21(27)11-3-4-14-17(7-11)29-20-18(14)19(24-10-25-20)26-16-6-13-9-23-8-12(13)5-15(16)22;1-2-18-13(17)7-3-4-8-9(5-7)19-12-10(8)11(14)15-6-16-12/h5-6,9-11H,2-4,7-8H2,1H3,(H,24,25,26);6-7H,2-5H2,1H3/t11-;7-/m00/s1. The molecule has 1 aromatic carbocycles. The fourth-order valence-electron chi connectivity index (χ4n) is 6.55. The summed E-state index contributed by atoms with van der Waals surface area (Å²) in [5, 5.41) is 5.56. The van der Waals surface area contributed by atoms with Gasteiger partial charge in [0.05, 0.1) is 48.1 Å². The van der Waals surface area contributed by atoms with Crippen molar-refractivity contribution in [3.8, 4) is 0 Å². The van der Waals surface area contributed by atoms with E-state index in [1.54, 1.807) is 35.0 Å². The number of anilines is 2. The average molecular weight is 707 g/mol. The number of aryl methyl sites for hydroxylation is 2. The van der Waals surface area contributed by atoms with Crippen molar-refractivity contribution < 1.29 is 23.5 Å². The largest absolute Gasteiger partial charge is 0.466 e. The Morgan fingerprint density at radius 2 is 1.50 bits per heavy atom. The average Bonchev–Trinajstić information content (AvgIpc) is 3.80. The number of hydrogen-bond acceptors (Lipinski definition) is 12. The maximum absolute atomic E-state index is 14.6. The van der Waals surface area contributed by atoms with Crippen molar-refractivity contribution in [3.05, 3.63) is 67.8 Å². The minimum absolute atomic E-state index is 0.0350. The predicted molar refractivity (Wildman–Crippen MR) is 185 cm³/mol. The van der Waals surface area contributed by atoms with E-state index >= 15 is 0 Å². The van der Waals surface area contributed by atoms with Crippen molar-refractivity contribution >= 4 is 84.4 Å². The van der Waals surface area contributed by atoms with E-state index in [0.717, 1.165) is 74.1 Å². The van der Waals surface area contributed by atoms with Crippen LogP contribution in [0.5, 0.6) is 0 Å². The summed E-state index contributed by atoms with van der Waals surface area (Å²) in [4.78, 5) is 49.4. The molecule has 0 saturated heterocycles. The molecule has 10 nitrogen and oxygen atoms in total. The third-order valence-corrected chi connectivity index (χ3v) is 11.5. The number of nitrogens with zero attached hydrogens (tertiary/aromatic N) is 5. The predicted octanol–water partition coefficient (Wildman–Crippen LogP) is 7.19. The molecule has 0 fully saturated rings. The lowest BCUT2D eigenvalue weighted by Gasteiger charge is -2.20. The molecule has 0 radical (unpaired) electrons. The van der Waals surface area contributed by atoms with Crippen LogP contribution < -0.4 is 5.32 Å². The maximum Gasteiger partial charge on any atom is 0.309 e. The smallest absolute Gasteiger partial charge is 0.309 e. The molecule has 2 atom stereocenters. The van der Waals surface area contributed by atoms with Crippen LogP contribution in [0.3, 0.4) is 0 Å². The highest BCUT2D eigenvalue weighted by Gasteiger charge is 2.31. The number of ether oxygens (including phenoxy) is 2. The van der Waals surface area contributed by atoms with Crippen LogP contribution in [0.25, 0.3) is 20.4 Å². The van der Waals surface area contributed by atoms with Crippen molar-refractivity contribution in [1.29, 1.82) is 0 Å². The fourth-order valence-corrected chi connectivity index (χ4v) is 9.39. The number of thiophene rings is 2. The summed E-state index contributed by atoms with van der Waals surface area (Å²) < 4.78 is 24.9. The zero-order chi connectivity index (χ0) is 33.4. The highest BCUT2D eigenvalue weighted by Crippen LogP contribution is 2.42. The van der Waals surface area contributed by atoms with E-state index in [-0.39, 0.29) is 29.6 Å². The number of halogens is 2. The summed E-state index contributed by atoms with van der Waals surface area (Å²) in [5.41, 5.74) is 4.54. The second kappa shape index (κ2) is 13.8. The lowest BCUT2D eigenvalue weighted by Crippen LogP contribution is -2.23. The third kappa shape index (κ3) is 6.26. The number of fused-ring (bicyclic) bond motifs is 7. The van der Waals surface area contributed by atoms with Gasteiger partial charge in [-0.25, -0.2) is 24.3 Å². The molecule has 1 aliphatic heterocycles. The van der Waals surface area contributed by atoms with Gasteiger partial charge in [-0.2, -0.15) is 0 Å². The summed E-state index contributed by atoms with van der Waals surface area (Å²) in [5.74, 6) is -0.117. The molecule has 248 valence electrons. The van der Waals surface area contributed by atoms with Gasteiger partial charge in [0.25, 0.3) is 0 Å². The van der Waals surface area contributed by atoms with E-state index in [0.29, 0.717) is 42.8 Å². The number of nitrogens with one attached hydrogen (secondary N) is 1. The highest BCUT2D eigenvalue weighted by molar-refractivity contribution is 7.19. The van der Waals surface area contributed by atoms with Gasteiger partial charge in [0.1, 0.15) is 39.1 Å². The summed E-state index contributed by atoms with van der Waals surface area (Å²) >= 11 is 9.33. The first-order valence-electron chi connectivity index (χ1n) is 15.9. The zero-order valence-electron chi connectivity index (χ0n) is 26.3. The summed E-state index contributed by atoms with van der Waals surface area (Å²) in [7, 11) is 0. The molecule has 48 heavy (non-hydrogen) atoms. The lowest BCUT2D eigenvalue weighted by atomic mass is 9.88. The Kier molecular flexibility index (Phi) is 9.34. The van der Waals surface area contributed by atoms with Gasteiger partial charge in [0.2, 0.25) is 0 Å². The monoisotopic (exact) mass is 706 g/mol. The molecule has 2 aliphatic carbocycles. The Morgan fingerprint density at radius 1 is 0.896 bits per heavy atom. The number of rotatable bonds is 6. The van der Waals surface area contributed by atoms with Gasteiger partial charge in [0, 0.05) is 16.0 Å². The maximum atomic E-state index is 14.6. The van der Waals surface area contributed by atoms with Crippen molar-refractivity contribution in [1.82, 2.24) is 19.9 Å². The van der Waals surface area contributed by atoms with Gasteiger partial charge in [0.15, 0.2) is 0 Å². The first kappa shape index (κ1) is 32.5. The van der Waals surface area contributed by atoms with Crippen molar-refractivity contribution in [3.63, 3.8) is 0 Å². The molecule has 14 heteroatoms. The minimum Gasteiger partial charge on any atom is -0.466 e. The van der Waals surface area contributed by atoms with Crippen molar-refractivity contribution in [2.45, 2.75) is 58.9 Å². The first-order chi connectivity index (χ1) is 23.3. The first-order valence-corrected chi connectivity index (χ1v) is 17.9. The van der Waals surface area contributed by atoms with Gasteiger partial charge in [-0.3, -0.25) is 14.6 Å².